The van der Waals surface area contributed by atoms with Crippen LogP contribution < -0.4 is 5.32 Å². The molecule has 0 saturated carbocycles. The number of rotatable bonds is 5. The van der Waals surface area contributed by atoms with E-state index in [2.05, 4.69) is 16.8 Å². The Morgan fingerprint density at radius 1 is 1.24 bits per heavy atom. The minimum atomic E-state index is -0.248. The molecule has 0 aliphatic carbocycles. The van der Waals surface area contributed by atoms with Gasteiger partial charge in [0.1, 0.15) is 5.82 Å². The molecule has 21 heavy (non-hydrogen) atoms. The maximum absolute atomic E-state index is 12.9. The van der Waals surface area contributed by atoms with Crippen molar-refractivity contribution in [2.75, 3.05) is 6.54 Å². The summed E-state index contributed by atoms with van der Waals surface area (Å²) in [5.74, 6) is -0.114. The van der Waals surface area contributed by atoms with E-state index in [0.29, 0.717) is 6.54 Å². The number of amides is 1. The quantitative estimate of drug-likeness (QED) is 0.921. The first-order chi connectivity index (χ1) is 10.2. The van der Waals surface area contributed by atoms with E-state index in [1.165, 1.54) is 17.7 Å². The lowest BCUT2D eigenvalue weighted by Gasteiger charge is -2.17. The Morgan fingerprint density at radius 3 is 2.76 bits per heavy atom. The first-order valence-electron chi connectivity index (χ1n) is 7.00. The molecule has 1 aromatic carbocycles. The van der Waals surface area contributed by atoms with E-state index in [1.807, 2.05) is 10.3 Å². The highest BCUT2D eigenvalue weighted by Crippen LogP contribution is 2.16. The van der Waals surface area contributed by atoms with Gasteiger partial charge in [0.15, 0.2) is 0 Å². The minimum Gasteiger partial charge on any atom is -0.337 e. The fraction of sp³-hybridized carbons (Fsp3) is 0.312. The maximum Gasteiger partial charge on any atom is 0.240 e. The van der Waals surface area contributed by atoms with Crippen LogP contribution in [0.5, 0.6) is 0 Å². The number of hydrogen-bond donors (Lipinski definition) is 1. The van der Waals surface area contributed by atoms with Gasteiger partial charge >= 0.3 is 0 Å². The summed E-state index contributed by atoms with van der Waals surface area (Å²) in [6.45, 7) is 2.03. The van der Waals surface area contributed by atoms with Crippen molar-refractivity contribution in [2.24, 2.45) is 0 Å². The van der Waals surface area contributed by atoms with E-state index >= 15 is 0 Å². The zero-order valence-corrected chi connectivity index (χ0v) is 12.4. The summed E-state index contributed by atoms with van der Waals surface area (Å²) in [5.41, 5.74) is 2.17. The van der Waals surface area contributed by atoms with Gasteiger partial charge in [0.05, 0.1) is 6.04 Å². The number of likely N-dealkylation sites (tertiary alicyclic amines) is 1. The Balaban J connectivity index is 1.54. The number of nitrogens with zero attached hydrogens (tertiary/aromatic N) is 1. The van der Waals surface area contributed by atoms with Crippen LogP contribution in [0, 0.1) is 5.82 Å². The van der Waals surface area contributed by atoms with E-state index < -0.39 is 0 Å². The number of nitrogens with one attached hydrogen (secondary N) is 1. The highest BCUT2D eigenvalue weighted by molar-refractivity contribution is 7.07. The normalized spacial score (nSPS) is 18.4. The predicted octanol–water partition coefficient (Wildman–Crippen LogP) is 2.78. The third-order valence-corrected chi connectivity index (χ3v) is 4.45. The minimum absolute atomic E-state index is 0.106. The average Bonchev–Trinajstić information content (AvgIpc) is 3.11. The summed E-state index contributed by atoms with van der Waals surface area (Å²) < 4.78 is 12.9. The lowest BCUT2D eigenvalue weighted by Crippen LogP contribution is -2.37. The lowest BCUT2D eigenvalue weighted by molar-refractivity contribution is -0.129. The van der Waals surface area contributed by atoms with Crippen molar-refractivity contribution in [3.63, 3.8) is 0 Å². The molecule has 1 aliphatic heterocycles. The zero-order chi connectivity index (χ0) is 14.7. The van der Waals surface area contributed by atoms with Crippen LogP contribution in [0.1, 0.15) is 17.5 Å². The maximum atomic E-state index is 12.9. The molecule has 1 fully saturated rings. The van der Waals surface area contributed by atoms with Gasteiger partial charge in [0.2, 0.25) is 5.91 Å². The van der Waals surface area contributed by atoms with Crippen molar-refractivity contribution in [3.05, 3.63) is 58.0 Å². The molecule has 1 saturated heterocycles. The molecule has 1 aromatic heterocycles. The average molecular weight is 304 g/mol. The van der Waals surface area contributed by atoms with E-state index in [4.69, 9.17) is 0 Å². The number of thiophene rings is 1. The second kappa shape index (κ2) is 6.37. The fourth-order valence-corrected chi connectivity index (χ4v) is 3.20. The molecular formula is C16H17FN2OS. The van der Waals surface area contributed by atoms with Gasteiger partial charge in [0, 0.05) is 19.6 Å². The van der Waals surface area contributed by atoms with Gasteiger partial charge in [0.25, 0.3) is 0 Å². The van der Waals surface area contributed by atoms with Crippen molar-refractivity contribution in [1.29, 1.82) is 0 Å². The Labute approximate surface area is 127 Å². The summed E-state index contributed by atoms with van der Waals surface area (Å²) in [4.78, 5) is 14.2. The molecular weight excluding hydrogens is 287 g/mol. The molecule has 1 N–H and O–H groups in total. The zero-order valence-electron chi connectivity index (χ0n) is 11.6. The van der Waals surface area contributed by atoms with Crippen LogP contribution >= 0.6 is 11.3 Å². The molecule has 3 rings (SSSR count). The topological polar surface area (TPSA) is 32.3 Å². The van der Waals surface area contributed by atoms with Crippen molar-refractivity contribution in [3.8, 4) is 0 Å². The van der Waals surface area contributed by atoms with Crippen molar-refractivity contribution in [1.82, 2.24) is 10.2 Å². The molecule has 1 atom stereocenters. The Kier molecular flexibility index (Phi) is 4.31. The summed E-state index contributed by atoms with van der Waals surface area (Å²) >= 11 is 1.66. The smallest absolute Gasteiger partial charge is 0.240 e. The molecule has 1 aliphatic rings. The van der Waals surface area contributed by atoms with Crippen LogP contribution in [-0.4, -0.2) is 23.4 Å². The number of halogens is 1. The molecule has 2 aromatic rings. The summed E-state index contributed by atoms with van der Waals surface area (Å²) in [7, 11) is 0. The first kappa shape index (κ1) is 14.2. The standard InChI is InChI=1S/C16H17FN2OS/c17-14-3-1-12(2-4-14)10-19-7-5-15(16(19)20)18-9-13-6-8-21-11-13/h1-4,6,8,11,15,18H,5,7,9-10H2. The van der Waals surface area contributed by atoms with Crippen LogP contribution in [0.4, 0.5) is 4.39 Å². The molecule has 0 bridgehead atoms. The monoisotopic (exact) mass is 304 g/mol. The third kappa shape index (κ3) is 3.49. The molecule has 0 radical (unpaired) electrons. The van der Waals surface area contributed by atoms with Crippen molar-refractivity contribution in [2.45, 2.75) is 25.6 Å². The molecule has 1 unspecified atom stereocenters. The van der Waals surface area contributed by atoms with Crippen molar-refractivity contribution < 1.29 is 9.18 Å². The van der Waals surface area contributed by atoms with E-state index in [0.717, 1.165) is 25.1 Å². The van der Waals surface area contributed by atoms with Gasteiger partial charge in [-0.25, -0.2) is 4.39 Å². The summed E-state index contributed by atoms with van der Waals surface area (Å²) in [5, 5.41) is 7.44. The number of benzene rings is 1. The molecule has 1 amide bonds. The van der Waals surface area contributed by atoms with Gasteiger partial charge in [-0.15, -0.1) is 0 Å². The van der Waals surface area contributed by atoms with Crippen LogP contribution in [0.25, 0.3) is 0 Å². The Bertz CT molecular complexity index is 597. The largest absolute Gasteiger partial charge is 0.337 e. The van der Waals surface area contributed by atoms with Gasteiger partial charge in [-0.05, 0) is 46.5 Å². The highest BCUT2D eigenvalue weighted by atomic mass is 32.1. The number of hydrogen-bond acceptors (Lipinski definition) is 3. The molecule has 2 heterocycles. The second-order valence-electron chi connectivity index (χ2n) is 5.24. The molecule has 5 heteroatoms. The fourth-order valence-electron chi connectivity index (χ4n) is 2.53. The van der Waals surface area contributed by atoms with E-state index in [9.17, 15) is 9.18 Å². The SMILES string of the molecule is O=C1C(NCc2ccsc2)CCN1Cc1ccc(F)cc1. The highest BCUT2D eigenvalue weighted by Gasteiger charge is 2.30. The summed E-state index contributed by atoms with van der Waals surface area (Å²) in [6, 6.07) is 8.28. The second-order valence-corrected chi connectivity index (χ2v) is 6.02. The van der Waals surface area contributed by atoms with Gasteiger partial charge in [-0.3, -0.25) is 4.79 Å². The van der Waals surface area contributed by atoms with E-state index in [1.54, 1.807) is 23.5 Å². The number of carbonyl (C=O) groups excluding carboxylic acids is 1. The lowest BCUT2D eigenvalue weighted by atomic mass is 10.2. The van der Waals surface area contributed by atoms with Gasteiger partial charge < -0.3 is 10.2 Å². The van der Waals surface area contributed by atoms with Gasteiger partial charge in [-0.2, -0.15) is 11.3 Å². The van der Waals surface area contributed by atoms with Crippen molar-refractivity contribution >= 4 is 17.2 Å². The third-order valence-electron chi connectivity index (χ3n) is 3.72. The summed E-state index contributed by atoms with van der Waals surface area (Å²) in [6.07, 6.45) is 0.824. The molecule has 0 spiro atoms. The van der Waals surface area contributed by atoms with Gasteiger partial charge in [-0.1, -0.05) is 12.1 Å². The van der Waals surface area contributed by atoms with Crippen LogP contribution in [0.3, 0.4) is 0 Å². The van der Waals surface area contributed by atoms with Crippen LogP contribution in [0.15, 0.2) is 41.1 Å². The predicted molar refractivity (Wildman–Crippen MR) is 81.4 cm³/mol. The molecule has 3 nitrogen and oxygen atoms in total. The molecule has 110 valence electrons. The van der Waals surface area contributed by atoms with Crippen LogP contribution in [0.2, 0.25) is 0 Å². The number of carbonyl (C=O) groups is 1. The van der Waals surface area contributed by atoms with E-state index in [-0.39, 0.29) is 17.8 Å². The Morgan fingerprint density at radius 2 is 2.05 bits per heavy atom. The first-order valence-corrected chi connectivity index (χ1v) is 7.94. The Hall–Kier alpha value is -1.72. The van der Waals surface area contributed by atoms with Crippen LogP contribution in [-0.2, 0) is 17.9 Å².